The molecule has 0 aliphatic carbocycles. The molecule has 1 unspecified atom stereocenters. The minimum atomic E-state index is -4.24. The Morgan fingerprint density at radius 2 is 2.08 bits per heavy atom. The fraction of sp³-hybridized carbons (Fsp3) is 0.600. The van der Waals surface area contributed by atoms with Crippen LogP contribution in [0, 0.1) is 0 Å². The van der Waals surface area contributed by atoms with E-state index in [0.717, 1.165) is 0 Å². The number of thioether (sulfide) groups is 1. The Hall–Kier alpha value is -0.0500. The highest BCUT2D eigenvalue weighted by Crippen LogP contribution is 2.29. The number of alkyl halides is 3. The minimum absolute atomic E-state index is 0.00846. The largest absolute Gasteiger partial charge is 0.760 e. The lowest BCUT2D eigenvalue weighted by atomic mass is 10.5. The third kappa shape index (κ3) is 12.0. The van der Waals surface area contributed by atoms with Crippen LogP contribution in [0.4, 0.5) is 13.2 Å². The van der Waals surface area contributed by atoms with Crippen molar-refractivity contribution in [3.63, 3.8) is 0 Å². The fourth-order valence-electron chi connectivity index (χ4n) is 0.410. The molecule has 0 aliphatic rings. The summed E-state index contributed by atoms with van der Waals surface area (Å²) in [4.78, 5) is 0. The molecule has 0 aromatic rings. The van der Waals surface area contributed by atoms with Gasteiger partial charge in [-0.3, -0.25) is 4.21 Å². The Kier molecular flexibility index (Phi) is 6.39. The van der Waals surface area contributed by atoms with E-state index in [2.05, 4.69) is 0 Å². The van der Waals surface area contributed by atoms with Crippen LogP contribution >= 0.6 is 11.8 Å². The van der Waals surface area contributed by atoms with Gasteiger partial charge in [0.05, 0.1) is 0 Å². The summed E-state index contributed by atoms with van der Waals surface area (Å²) >= 11 is -2.54. The van der Waals surface area contributed by atoms with E-state index in [9.17, 15) is 21.9 Å². The molecule has 3 nitrogen and oxygen atoms in total. The second kappa shape index (κ2) is 6.41. The van der Waals surface area contributed by atoms with Gasteiger partial charge in [-0.1, -0.05) is 12.2 Å². The molecule has 0 saturated heterocycles. The third-order valence-corrected chi connectivity index (χ3v) is 1.92. The van der Waals surface area contributed by atoms with Crippen LogP contribution < -0.4 is 4.72 Å². The maximum Gasteiger partial charge on any atom is 0.442 e. The summed E-state index contributed by atoms with van der Waals surface area (Å²) in [6.45, 7) is 0.00846. The minimum Gasteiger partial charge on any atom is -0.760 e. The Bertz CT molecular complexity index is 195. The van der Waals surface area contributed by atoms with Crippen molar-refractivity contribution in [1.82, 2.24) is 4.72 Å². The van der Waals surface area contributed by atoms with Crippen LogP contribution in [0.1, 0.15) is 0 Å². The summed E-state index contributed by atoms with van der Waals surface area (Å²) < 4.78 is 56.2. The van der Waals surface area contributed by atoms with Crippen LogP contribution in [0.15, 0.2) is 12.2 Å². The molecule has 8 heteroatoms. The second-order valence-electron chi connectivity index (χ2n) is 1.81. The first-order chi connectivity index (χ1) is 5.92. The molecule has 1 N–H and O–H groups in total. The normalized spacial score (nSPS) is 15.1. The van der Waals surface area contributed by atoms with Gasteiger partial charge in [0, 0.05) is 23.6 Å². The van der Waals surface area contributed by atoms with Crippen molar-refractivity contribution >= 4 is 23.0 Å². The van der Waals surface area contributed by atoms with E-state index >= 15 is 0 Å². The molecule has 0 aromatic heterocycles. The lowest BCUT2D eigenvalue weighted by molar-refractivity contribution is -0.0326. The van der Waals surface area contributed by atoms with E-state index in [1.807, 2.05) is 4.72 Å². The van der Waals surface area contributed by atoms with Gasteiger partial charge in [-0.25, -0.2) is 4.72 Å². The topological polar surface area (TPSA) is 52.2 Å². The lowest BCUT2D eigenvalue weighted by Crippen LogP contribution is -2.15. The lowest BCUT2D eigenvalue weighted by Gasteiger charge is -2.03. The molecule has 0 radical (unpaired) electrons. The SMILES string of the molecule is O=S([O-])NCC=CCSC(F)(F)F. The molecular formula is C5H7F3NO2S2-. The molecule has 0 aromatic carbocycles. The third-order valence-electron chi connectivity index (χ3n) is 0.829. The van der Waals surface area contributed by atoms with Crippen molar-refractivity contribution in [3.05, 3.63) is 12.2 Å². The van der Waals surface area contributed by atoms with Gasteiger partial charge >= 0.3 is 5.51 Å². The predicted molar refractivity (Wildman–Crippen MR) is 44.6 cm³/mol. The molecule has 0 spiro atoms. The van der Waals surface area contributed by atoms with E-state index in [-0.39, 0.29) is 24.1 Å². The predicted octanol–water partition coefficient (Wildman–Crippen LogP) is 1.18. The zero-order chi connectivity index (χ0) is 10.3. The van der Waals surface area contributed by atoms with Crippen molar-refractivity contribution in [2.75, 3.05) is 12.3 Å². The summed E-state index contributed by atoms with van der Waals surface area (Å²) in [6.07, 6.45) is 2.56. The van der Waals surface area contributed by atoms with Crippen LogP contribution in [0.25, 0.3) is 0 Å². The standard InChI is InChI=1S/C5H8F3NO2S2/c6-5(7,8)12-4-2-1-3-9-13(10)11/h1-2,9H,3-4H2,(H,10,11)/p-1. The van der Waals surface area contributed by atoms with E-state index in [4.69, 9.17) is 0 Å². The number of hydrogen-bond donors (Lipinski definition) is 1. The summed E-state index contributed by atoms with van der Waals surface area (Å²) in [5, 5.41) is 0. The first-order valence-electron chi connectivity index (χ1n) is 3.10. The molecule has 0 bridgehead atoms. The van der Waals surface area contributed by atoms with Gasteiger partial charge in [-0.15, -0.1) is 0 Å². The maximum atomic E-state index is 11.5. The molecule has 0 aliphatic heterocycles. The molecule has 0 amide bonds. The van der Waals surface area contributed by atoms with Gasteiger partial charge < -0.3 is 4.55 Å². The van der Waals surface area contributed by atoms with Crippen molar-refractivity contribution in [1.29, 1.82) is 0 Å². The Morgan fingerprint density at radius 1 is 1.46 bits per heavy atom. The number of halogens is 3. The molecule has 0 saturated carbocycles. The quantitative estimate of drug-likeness (QED) is 0.574. The van der Waals surface area contributed by atoms with Crippen molar-refractivity contribution in [2.24, 2.45) is 0 Å². The van der Waals surface area contributed by atoms with Crippen LogP contribution in [-0.2, 0) is 11.3 Å². The number of hydrogen-bond acceptors (Lipinski definition) is 3. The number of nitrogens with one attached hydrogen (secondary N) is 1. The average Bonchev–Trinajstić information content (AvgIpc) is 1.93. The molecule has 1 atom stereocenters. The van der Waals surface area contributed by atoms with Gasteiger partial charge in [-0.2, -0.15) is 13.2 Å². The summed E-state index contributed by atoms with van der Waals surface area (Å²) in [7, 11) is 0. The van der Waals surface area contributed by atoms with Crippen LogP contribution in [-0.4, -0.2) is 26.6 Å². The monoisotopic (exact) mass is 234 g/mol. The van der Waals surface area contributed by atoms with E-state index in [1.54, 1.807) is 0 Å². The summed E-state index contributed by atoms with van der Waals surface area (Å²) in [5.41, 5.74) is -4.24. The Morgan fingerprint density at radius 3 is 2.54 bits per heavy atom. The zero-order valence-corrected chi connectivity index (χ0v) is 7.97. The summed E-state index contributed by atoms with van der Waals surface area (Å²) in [5.74, 6) is -0.212. The Balaban J connectivity index is 3.38. The molecule has 0 rings (SSSR count). The highest BCUT2D eigenvalue weighted by atomic mass is 32.2. The van der Waals surface area contributed by atoms with Gasteiger partial charge in [0.2, 0.25) is 0 Å². The van der Waals surface area contributed by atoms with Gasteiger partial charge in [0.1, 0.15) is 0 Å². The highest BCUT2D eigenvalue weighted by Gasteiger charge is 2.26. The molecule has 13 heavy (non-hydrogen) atoms. The highest BCUT2D eigenvalue weighted by molar-refractivity contribution is 8.00. The van der Waals surface area contributed by atoms with Gasteiger partial charge in [0.25, 0.3) is 0 Å². The zero-order valence-electron chi connectivity index (χ0n) is 6.34. The second-order valence-corrected chi connectivity index (χ2v) is 3.65. The summed E-state index contributed by atoms with van der Waals surface area (Å²) in [6, 6.07) is 0. The molecule has 0 fully saturated rings. The first-order valence-corrected chi connectivity index (χ1v) is 5.16. The molecular weight excluding hydrogens is 227 g/mol. The Labute approximate surface area is 80.2 Å². The maximum absolute atomic E-state index is 11.5. The van der Waals surface area contributed by atoms with Crippen molar-refractivity contribution in [2.45, 2.75) is 5.51 Å². The van der Waals surface area contributed by atoms with E-state index < -0.39 is 16.8 Å². The van der Waals surface area contributed by atoms with Crippen molar-refractivity contribution < 1.29 is 21.9 Å². The first kappa shape index (κ1) is 12.9. The van der Waals surface area contributed by atoms with Crippen LogP contribution in [0.3, 0.4) is 0 Å². The van der Waals surface area contributed by atoms with Gasteiger partial charge in [0.15, 0.2) is 0 Å². The number of rotatable bonds is 5. The fourth-order valence-corrected chi connectivity index (χ4v) is 1.06. The molecule has 0 heterocycles. The van der Waals surface area contributed by atoms with Gasteiger partial charge in [-0.05, 0) is 11.8 Å². The smallest absolute Gasteiger partial charge is 0.442 e. The van der Waals surface area contributed by atoms with E-state index in [0.29, 0.717) is 0 Å². The van der Waals surface area contributed by atoms with E-state index in [1.165, 1.54) is 12.2 Å². The molecule has 78 valence electrons. The van der Waals surface area contributed by atoms with Crippen LogP contribution in [0.5, 0.6) is 0 Å². The average molecular weight is 234 g/mol. The van der Waals surface area contributed by atoms with Crippen molar-refractivity contribution in [3.8, 4) is 0 Å². The van der Waals surface area contributed by atoms with Crippen LogP contribution in [0.2, 0.25) is 0 Å².